The quantitative estimate of drug-likeness (QED) is 0.0756. The minimum absolute atomic E-state index is 0. The van der Waals surface area contributed by atoms with Crippen LogP contribution in [-0.2, 0) is 14.6 Å². The van der Waals surface area contributed by atoms with E-state index < -0.39 is 10.4 Å². The third kappa shape index (κ3) is 27.3. The Kier molecular flexibility index (Phi) is 27.7. The molecule has 1 atom stereocenters. The average molecular weight is 471 g/mol. The van der Waals surface area contributed by atoms with Gasteiger partial charge in [0.25, 0.3) is 0 Å². The van der Waals surface area contributed by atoms with Gasteiger partial charge in [-0.2, -0.15) is 0 Å². The molecule has 30 heavy (non-hydrogen) atoms. The predicted molar refractivity (Wildman–Crippen MR) is 123 cm³/mol. The molecule has 4 nitrogen and oxygen atoms in total. The number of hydrogen-bond acceptors (Lipinski definition) is 4. The van der Waals surface area contributed by atoms with Gasteiger partial charge < -0.3 is 4.55 Å². The van der Waals surface area contributed by atoms with Crippen molar-refractivity contribution in [2.24, 2.45) is 5.92 Å². The maximum atomic E-state index is 10.8. The number of hydrogen-bond donors (Lipinski definition) is 0. The molecule has 0 N–H and O–H groups in total. The Balaban J connectivity index is 0. The van der Waals surface area contributed by atoms with Gasteiger partial charge in [-0.15, -0.1) is 0 Å². The smallest absolute Gasteiger partial charge is 0.726 e. The summed E-state index contributed by atoms with van der Waals surface area (Å²) in [5.41, 5.74) is 0. The van der Waals surface area contributed by atoms with Crippen molar-refractivity contribution in [1.29, 1.82) is 0 Å². The standard InChI is InChI=1S/C24H48O4S.K/c1-3-5-7-9-11-12-13-14-15-16-18-20-22-24(23-28-29(25,26)27)21-19-17-10-8-6-4-2;/h19,21,24H,3-18,20,22-23H2,1-2H3,(H,25,26,27);/q;+1/p-1/b21-19+;. The fourth-order valence-corrected chi connectivity index (χ4v) is 3.97. The van der Waals surface area contributed by atoms with E-state index in [1.165, 1.54) is 89.9 Å². The molecule has 0 radical (unpaired) electrons. The van der Waals surface area contributed by atoms with Crippen molar-refractivity contribution < 1.29 is 68.5 Å². The molecule has 0 saturated heterocycles. The molecule has 0 aromatic heterocycles. The van der Waals surface area contributed by atoms with Crippen LogP contribution in [0.4, 0.5) is 0 Å². The van der Waals surface area contributed by atoms with E-state index in [2.05, 4.69) is 30.2 Å². The minimum Gasteiger partial charge on any atom is -0.726 e. The molecule has 0 aromatic rings. The Labute approximate surface area is 230 Å². The Bertz CT molecular complexity index is 466. The molecule has 0 bridgehead atoms. The zero-order valence-corrected chi connectivity index (χ0v) is 24.1. The molecule has 6 heteroatoms. The van der Waals surface area contributed by atoms with Crippen LogP contribution in [0, 0.1) is 5.92 Å². The Hall–Kier alpha value is 1.25. The van der Waals surface area contributed by atoms with E-state index in [0.29, 0.717) is 0 Å². The normalized spacial score (nSPS) is 12.9. The van der Waals surface area contributed by atoms with Crippen LogP contribution >= 0.6 is 0 Å². The summed E-state index contributed by atoms with van der Waals surface area (Å²) in [6.07, 6.45) is 26.6. The van der Waals surface area contributed by atoms with Crippen LogP contribution in [0.5, 0.6) is 0 Å². The predicted octanol–water partition coefficient (Wildman–Crippen LogP) is 4.70. The second kappa shape index (κ2) is 24.9. The second-order valence-electron chi connectivity index (χ2n) is 8.41. The first-order valence-electron chi connectivity index (χ1n) is 12.3. The van der Waals surface area contributed by atoms with Gasteiger partial charge in [0.2, 0.25) is 10.4 Å². The molecule has 0 aliphatic carbocycles. The molecular formula is C24H47KO4S. The maximum absolute atomic E-state index is 10.8. The largest absolute Gasteiger partial charge is 1.00 e. The van der Waals surface area contributed by atoms with Crippen LogP contribution in [0.25, 0.3) is 0 Å². The fraction of sp³-hybridized carbons (Fsp3) is 0.917. The van der Waals surface area contributed by atoms with Gasteiger partial charge in [0, 0.05) is 5.92 Å². The third-order valence-corrected chi connectivity index (χ3v) is 5.91. The van der Waals surface area contributed by atoms with E-state index in [1.807, 2.05) is 0 Å². The van der Waals surface area contributed by atoms with Crippen LogP contribution in [0.1, 0.15) is 129 Å². The van der Waals surface area contributed by atoms with Gasteiger partial charge in [-0.3, -0.25) is 4.18 Å². The van der Waals surface area contributed by atoms with Crippen LogP contribution in [0.15, 0.2) is 12.2 Å². The van der Waals surface area contributed by atoms with Crippen molar-refractivity contribution in [3.63, 3.8) is 0 Å². The summed E-state index contributed by atoms with van der Waals surface area (Å²) in [5, 5.41) is 0. The molecule has 0 aromatic carbocycles. The van der Waals surface area contributed by atoms with E-state index in [4.69, 9.17) is 0 Å². The van der Waals surface area contributed by atoms with E-state index in [0.717, 1.165) is 25.7 Å². The van der Waals surface area contributed by atoms with Crippen molar-refractivity contribution >= 4 is 10.4 Å². The second-order valence-corrected chi connectivity index (χ2v) is 9.46. The van der Waals surface area contributed by atoms with E-state index in [9.17, 15) is 13.0 Å². The Morgan fingerprint density at radius 3 is 1.63 bits per heavy atom. The zero-order chi connectivity index (χ0) is 21.6. The molecule has 0 spiro atoms. The topological polar surface area (TPSA) is 66.4 Å². The number of allylic oxidation sites excluding steroid dienone is 1. The summed E-state index contributed by atoms with van der Waals surface area (Å²) >= 11 is 0. The van der Waals surface area contributed by atoms with Crippen LogP contribution in [0.2, 0.25) is 0 Å². The molecule has 174 valence electrons. The van der Waals surface area contributed by atoms with Crippen molar-refractivity contribution in [3.05, 3.63) is 12.2 Å². The summed E-state index contributed by atoms with van der Waals surface area (Å²) in [5.74, 6) is 0.0213. The molecule has 0 saturated carbocycles. The Morgan fingerprint density at radius 1 is 0.733 bits per heavy atom. The fourth-order valence-electron chi connectivity index (χ4n) is 3.63. The van der Waals surface area contributed by atoms with Gasteiger partial charge in [-0.1, -0.05) is 122 Å². The van der Waals surface area contributed by atoms with E-state index >= 15 is 0 Å². The Morgan fingerprint density at radius 2 is 1.17 bits per heavy atom. The minimum atomic E-state index is -4.60. The van der Waals surface area contributed by atoms with Crippen molar-refractivity contribution in [1.82, 2.24) is 0 Å². The molecule has 0 fully saturated rings. The van der Waals surface area contributed by atoms with Crippen LogP contribution < -0.4 is 51.4 Å². The molecule has 0 amide bonds. The first kappa shape index (κ1) is 33.4. The van der Waals surface area contributed by atoms with Crippen LogP contribution in [0.3, 0.4) is 0 Å². The summed E-state index contributed by atoms with van der Waals surface area (Å²) < 4.78 is 36.8. The van der Waals surface area contributed by atoms with Gasteiger partial charge in [0.15, 0.2) is 0 Å². The van der Waals surface area contributed by atoms with Crippen molar-refractivity contribution in [2.45, 2.75) is 129 Å². The first-order valence-corrected chi connectivity index (χ1v) is 13.6. The van der Waals surface area contributed by atoms with Gasteiger partial charge in [-0.25, -0.2) is 8.42 Å². The van der Waals surface area contributed by atoms with Crippen molar-refractivity contribution in [2.75, 3.05) is 6.61 Å². The molecule has 1 unspecified atom stereocenters. The molecule has 0 rings (SSSR count). The summed E-state index contributed by atoms with van der Waals surface area (Å²) in [6, 6.07) is 0. The van der Waals surface area contributed by atoms with Gasteiger partial charge >= 0.3 is 51.4 Å². The molecular weight excluding hydrogens is 423 g/mol. The summed E-state index contributed by atoms with van der Waals surface area (Å²) in [7, 11) is -4.60. The third-order valence-electron chi connectivity index (χ3n) is 5.49. The van der Waals surface area contributed by atoms with Gasteiger partial charge in [-0.05, 0) is 19.3 Å². The number of unbranched alkanes of at least 4 members (excludes halogenated alkanes) is 15. The zero-order valence-electron chi connectivity index (χ0n) is 20.2. The van der Waals surface area contributed by atoms with E-state index in [1.54, 1.807) is 0 Å². The molecule has 0 aliphatic rings. The monoisotopic (exact) mass is 470 g/mol. The number of rotatable bonds is 22. The van der Waals surface area contributed by atoms with Crippen LogP contribution in [-0.4, -0.2) is 19.6 Å². The maximum Gasteiger partial charge on any atom is 1.00 e. The van der Waals surface area contributed by atoms with Gasteiger partial charge in [0.1, 0.15) is 0 Å². The SMILES string of the molecule is CCCCCC/C=C/C(CCCCCCCCCCCCCC)COS(=O)(=O)[O-].[K+]. The summed E-state index contributed by atoms with van der Waals surface area (Å²) in [6.45, 7) is 4.43. The average Bonchev–Trinajstić information content (AvgIpc) is 2.68. The van der Waals surface area contributed by atoms with Gasteiger partial charge in [0.05, 0.1) is 6.61 Å². The summed E-state index contributed by atoms with van der Waals surface area (Å²) in [4.78, 5) is 0. The van der Waals surface area contributed by atoms with Crippen molar-refractivity contribution in [3.8, 4) is 0 Å². The molecule has 0 heterocycles. The van der Waals surface area contributed by atoms with E-state index in [-0.39, 0.29) is 63.9 Å². The first-order chi connectivity index (χ1) is 14.0. The molecule has 0 aliphatic heterocycles.